The van der Waals surface area contributed by atoms with Gasteiger partial charge in [0, 0.05) is 0 Å². The van der Waals surface area contributed by atoms with Crippen molar-refractivity contribution < 1.29 is 12.4 Å². The van der Waals surface area contributed by atoms with E-state index >= 15 is 0 Å². The van der Waals surface area contributed by atoms with Crippen LogP contribution >= 0.6 is 7.26 Å². The Kier molecular flexibility index (Phi) is 7.07. The maximum atomic E-state index is 9.22. The molecule has 0 aromatic heterocycles. The van der Waals surface area contributed by atoms with Crippen molar-refractivity contribution in [3.8, 4) is 6.07 Å². The van der Waals surface area contributed by atoms with Crippen LogP contribution in [0, 0.1) is 11.3 Å². The van der Waals surface area contributed by atoms with Gasteiger partial charge in [-0.2, -0.15) is 5.26 Å². The molecule has 0 amide bonds. The number of halogens is 1. The van der Waals surface area contributed by atoms with E-state index in [2.05, 4.69) is 116 Å². The quantitative estimate of drug-likeness (QED) is 0.449. The van der Waals surface area contributed by atoms with Gasteiger partial charge in [-0.05, 0) is 61.0 Å². The van der Waals surface area contributed by atoms with Gasteiger partial charge in [0.1, 0.15) is 28.8 Å². The lowest BCUT2D eigenvalue weighted by Crippen LogP contribution is -3.00. The van der Waals surface area contributed by atoms with Gasteiger partial charge in [0.05, 0.1) is 11.6 Å². The molecule has 4 aromatic rings. The van der Waals surface area contributed by atoms with E-state index in [-0.39, 0.29) is 18.1 Å². The fourth-order valence-corrected chi connectivity index (χ4v) is 8.95. The molecule has 0 fully saturated rings. The van der Waals surface area contributed by atoms with E-state index in [1.54, 1.807) is 0 Å². The van der Waals surface area contributed by atoms with Crippen LogP contribution in [0.3, 0.4) is 0 Å². The van der Waals surface area contributed by atoms with Crippen molar-refractivity contribution in [3.63, 3.8) is 0 Å². The fourth-order valence-electron chi connectivity index (χ4n) is 4.17. The summed E-state index contributed by atoms with van der Waals surface area (Å²) in [7, 11) is -1.97. The number of rotatable bonds is 5. The summed E-state index contributed by atoms with van der Waals surface area (Å²) < 4.78 is 0. The summed E-state index contributed by atoms with van der Waals surface area (Å²) in [5, 5.41) is 13.3. The molecule has 30 heavy (non-hydrogen) atoms. The number of hydrogen-bond acceptors (Lipinski definition) is 1. The van der Waals surface area contributed by atoms with Crippen molar-refractivity contribution in [2.45, 2.75) is 12.6 Å². The molecule has 0 spiro atoms. The van der Waals surface area contributed by atoms with E-state index in [9.17, 15) is 5.26 Å². The Morgan fingerprint density at radius 1 is 0.600 bits per heavy atom. The molecule has 0 aliphatic carbocycles. The van der Waals surface area contributed by atoms with Gasteiger partial charge in [0.25, 0.3) is 0 Å². The van der Waals surface area contributed by atoms with Crippen molar-refractivity contribution in [3.05, 3.63) is 126 Å². The third kappa shape index (κ3) is 3.90. The predicted octanol–water partition coefficient (Wildman–Crippen LogP) is 2.62. The zero-order chi connectivity index (χ0) is 20.1. The minimum Gasteiger partial charge on any atom is -1.00 e. The van der Waals surface area contributed by atoms with E-state index < -0.39 is 7.26 Å². The van der Waals surface area contributed by atoms with E-state index in [0.717, 1.165) is 0 Å². The average molecular weight is 428 g/mol. The SMILES string of the molecule is CC(c1ccc(C#N)cc1)[P+](c1ccccc1)(c1ccccc1)c1ccccc1.[Cl-]. The van der Waals surface area contributed by atoms with Crippen LogP contribution in [0.4, 0.5) is 0 Å². The molecule has 1 nitrogen and oxygen atoms in total. The smallest absolute Gasteiger partial charge is 0.119 e. The minimum atomic E-state index is -1.97. The van der Waals surface area contributed by atoms with Crippen LogP contribution in [-0.2, 0) is 0 Å². The third-order valence-corrected chi connectivity index (χ3v) is 10.4. The summed E-state index contributed by atoms with van der Waals surface area (Å²) in [6, 6.07) is 43.1. The van der Waals surface area contributed by atoms with Crippen LogP contribution < -0.4 is 28.3 Å². The Hall–Kier alpha value is -2.91. The van der Waals surface area contributed by atoms with Crippen LogP contribution in [0.2, 0.25) is 0 Å². The van der Waals surface area contributed by atoms with Crippen molar-refractivity contribution in [1.29, 1.82) is 5.26 Å². The van der Waals surface area contributed by atoms with Gasteiger partial charge >= 0.3 is 0 Å². The summed E-state index contributed by atoms with van der Waals surface area (Å²) >= 11 is 0. The predicted molar refractivity (Wildman–Crippen MR) is 125 cm³/mol. The van der Waals surface area contributed by atoms with E-state index in [1.165, 1.54) is 21.5 Å². The van der Waals surface area contributed by atoms with Crippen molar-refractivity contribution in [2.24, 2.45) is 0 Å². The second kappa shape index (κ2) is 9.73. The summed E-state index contributed by atoms with van der Waals surface area (Å²) in [6.45, 7) is 2.34. The first kappa shape index (κ1) is 21.8. The van der Waals surface area contributed by atoms with Gasteiger partial charge in [0.15, 0.2) is 0 Å². The molecule has 0 saturated heterocycles. The molecule has 0 aliphatic heterocycles. The van der Waals surface area contributed by atoms with Crippen molar-refractivity contribution in [1.82, 2.24) is 0 Å². The van der Waals surface area contributed by atoms with Gasteiger partial charge in [-0.1, -0.05) is 66.7 Å². The first-order valence-electron chi connectivity index (χ1n) is 9.82. The maximum Gasteiger partial charge on any atom is 0.119 e. The number of nitriles is 1. The fraction of sp³-hybridized carbons (Fsp3) is 0.0741. The average Bonchev–Trinajstić information content (AvgIpc) is 2.82. The molecule has 0 aliphatic rings. The maximum absolute atomic E-state index is 9.22. The second-order valence-corrected chi connectivity index (χ2v) is 10.9. The molecule has 4 aromatic carbocycles. The minimum absolute atomic E-state index is 0. The highest BCUT2D eigenvalue weighted by molar-refractivity contribution is 7.95. The molecule has 4 rings (SSSR count). The van der Waals surface area contributed by atoms with Crippen LogP contribution in [0.25, 0.3) is 0 Å². The number of hydrogen-bond donors (Lipinski definition) is 0. The van der Waals surface area contributed by atoms with E-state index in [4.69, 9.17) is 0 Å². The normalized spacial score (nSPS) is 11.7. The highest BCUT2D eigenvalue weighted by Gasteiger charge is 2.50. The Balaban J connectivity index is 0.00000256. The molecule has 0 bridgehead atoms. The molecule has 1 atom stereocenters. The van der Waals surface area contributed by atoms with Gasteiger partial charge in [0.2, 0.25) is 0 Å². The Bertz CT molecular complexity index is 1010. The third-order valence-electron chi connectivity index (χ3n) is 5.59. The van der Waals surface area contributed by atoms with Gasteiger partial charge < -0.3 is 12.4 Å². The molecule has 1 unspecified atom stereocenters. The monoisotopic (exact) mass is 427 g/mol. The van der Waals surface area contributed by atoms with Crippen molar-refractivity contribution >= 4 is 23.2 Å². The van der Waals surface area contributed by atoms with Crippen molar-refractivity contribution in [2.75, 3.05) is 0 Å². The lowest BCUT2D eigenvalue weighted by atomic mass is 10.1. The van der Waals surface area contributed by atoms with Crippen LogP contribution in [0.15, 0.2) is 115 Å². The molecular weight excluding hydrogens is 405 g/mol. The van der Waals surface area contributed by atoms with Gasteiger partial charge in [-0.15, -0.1) is 0 Å². The zero-order valence-corrected chi connectivity index (χ0v) is 18.5. The van der Waals surface area contributed by atoms with E-state index in [1.807, 2.05) is 12.1 Å². The highest BCUT2D eigenvalue weighted by atomic mass is 35.5. The molecule has 0 heterocycles. The Morgan fingerprint density at radius 3 is 1.30 bits per heavy atom. The standard InChI is InChI=1S/C27H23NP.ClH/c1-22(24-19-17-23(21-28)18-20-24)29(25-11-5-2-6-12-25,26-13-7-3-8-14-26)27-15-9-4-10-16-27;/h2-20,22H,1H3;1H/q+1;/p-1. The zero-order valence-electron chi connectivity index (χ0n) is 16.8. The van der Waals surface area contributed by atoms with Crippen LogP contribution in [-0.4, -0.2) is 0 Å². The summed E-state index contributed by atoms with van der Waals surface area (Å²) in [5.74, 6) is 0. The molecule has 3 heteroatoms. The lowest BCUT2D eigenvalue weighted by molar-refractivity contribution is -0.00000586. The molecule has 0 radical (unpaired) electrons. The van der Waals surface area contributed by atoms with Crippen LogP contribution in [0.5, 0.6) is 0 Å². The molecular formula is C27H23ClNP. The first-order chi connectivity index (χ1) is 14.3. The second-order valence-electron chi connectivity index (χ2n) is 7.14. The Labute approximate surface area is 185 Å². The molecule has 148 valence electrons. The summed E-state index contributed by atoms with van der Waals surface area (Å²) in [5.41, 5.74) is 2.22. The highest BCUT2D eigenvalue weighted by Crippen LogP contribution is 2.66. The first-order valence-corrected chi connectivity index (χ1v) is 11.7. The van der Waals surface area contributed by atoms with Gasteiger partial charge in [-0.25, -0.2) is 0 Å². The number of benzene rings is 4. The lowest BCUT2D eigenvalue weighted by Gasteiger charge is -2.33. The topological polar surface area (TPSA) is 23.8 Å². The summed E-state index contributed by atoms with van der Waals surface area (Å²) in [4.78, 5) is 0. The van der Waals surface area contributed by atoms with Crippen LogP contribution in [0.1, 0.15) is 23.7 Å². The number of nitrogens with zero attached hydrogens (tertiary/aromatic N) is 1. The summed E-state index contributed by atoms with van der Waals surface area (Å²) in [6.07, 6.45) is 0. The van der Waals surface area contributed by atoms with Gasteiger partial charge in [-0.3, -0.25) is 0 Å². The Morgan fingerprint density at radius 2 is 0.967 bits per heavy atom. The van der Waals surface area contributed by atoms with E-state index in [0.29, 0.717) is 5.56 Å². The molecule has 0 N–H and O–H groups in total. The largest absolute Gasteiger partial charge is 1.00 e. The molecule has 0 saturated carbocycles.